The quantitative estimate of drug-likeness (QED) is 0.610. The van der Waals surface area contributed by atoms with Gasteiger partial charge in [-0.3, -0.25) is 9.48 Å². The van der Waals surface area contributed by atoms with E-state index in [4.69, 9.17) is 0 Å². The van der Waals surface area contributed by atoms with E-state index in [1.165, 1.54) is 6.92 Å². The minimum Gasteiger partial charge on any atom is -0.394 e. The summed E-state index contributed by atoms with van der Waals surface area (Å²) in [6.45, 7) is 5.58. The summed E-state index contributed by atoms with van der Waals surface area (Å²) in [5, 5.41) is 28.7. The van der Waals surface area contributed by atoms with Gasteiger partial charge in [0.05, 0.1) is 24.4 Å². The number of aryl methyl sites for hydroxylation is 1. The van der Waals surface area contributed by atoms with Gasteiger partial charge in [0.2, 0.25) is 0 Å². The van der Waals surface area contributed by atoms with Crippen molar-refractivity contribution in [2.45, 2.75) is 40.0 Å². The van der Waals surface area contributed by atoms with Gasteiger partial charge in [0.1, 0.15) is 18.5 Å². The smallest absolute Gasteiger partial charge is 0.184 e. The number of carbonyl (C=O) groups is 1. The summed E-state index contributed by atoms with van der Waals surface area (Å²) >= 11 is 0. The lowest BCUT2D eigenvalue weighted by Gasteiger charge is -2.06. The van der Waals surface area contributed by atoms with Crippen molar-refractivity contribution in [2.75, 3.05) is 6.61 Å². The van der Waals surface area contributed by atoms with Crippen molar-refractivity contribution in [3.63, 3.8) is 0 Å². The van der Waals surface area contributed by atoms with Crippen LogP contribution in [0.4, 0.5) is 0 Å². The van der Waals surface area contributed by atoms with Crippen LogP contribution in [-0.2, 0) is 13.1 Å². The Morgan fingerprint density at radius 3 is 2.44 bits per heavy atom. The van der Waals surface area contributed by atoms with E-state index in [1.807, 2.05) is 25.1 Å². The van der Waals surface area contributed by atoms with Crippen molar-refractivity contribution < 1.29 is 15.0 Å². The highest BCUT2D eigenvalue weighted by molar-refractivity contribution is 5.96. The average molecular weight is 369 g/mol. The number of rotatable bonds is 7. The van der Waals surface area contributed by atoms with Crippen LogP contribution in [-0.4, -0.2) is 47.1 Å². The first kappa shape index (κ1) is 18.9. The fraction of sp³-hybridized carbons (Fsp3) is 0.368. The molecular formula is C19H23N5O3. The third-order valence-corrected chi connectivity index (χ3v) is 4.46. The zero-order valence-corrected chi connectivity index (χ0v) is 15.6. The Kier molecular flexibility index (Phi) is 5.48. The molecule has 8 nitrogen and oxygen atoms in total. The Labute approximate surface area is 157 Å². The lowest BCUT2D eigenvalue weighted by atomic mass is 10.1. The van der Waals surface area contributed by atoms with Crippen molar-refractivity contribution in [3.8, 4) is 0 Å². The summed E-state index contributed by atoms with van der Waals surface area (Å²) in [6.07, 6.45) is -0.960. The normalized spacial score (nSPS) is 12.3. The summed E-state index contributed by atoms with van der Waals surface area (Å²) in [6, 6.07) is 9.15. The van der Waals surface area contributed by atoms with Crippen LogP contribution in [0.15, 0.2) is 30.3 Å². The molecule has 0 saturated carbocycles. The van der Waals surface area contributed by atoms with Gasteiger partial charge in [0, 0.05) is 5.69 Å². The fourth-order valence-corrected chi connectivity index (χ4v) is 3.18. The third-order valence-electron chi connectivity index (χ3n) is 4.46. The van der Waals surface area contributed by atoms with Crippen LogP contribution >= 0.6 is 0 Å². The second kappa shape index (κ2) is 7.81. The Hall–Kier alpha value is -2.84. The maximum atomic E-state index is 11.8. The molecule has 2 heterocycles. The number of ketones is 1. The molecule has 0 aliphatic rings. The number of carbonyl (C=O) groups excluding carboxylic acids is 1. The Morgan fingerprint density at radius 2 is 1.85 bits per heavy atom. The molecule has 8 heteroatoms. The van der Waals surface area contributed by atoms with Gasteiger partial charge in [-0.1, -0.05) is 30.3 Å². The topological polar surface area (TPSA) is 106 Å². The molecule has 142 valence electrons. The number of aliphatic hydroxyl groups excluding tert-OH is 2. The molecule has 1 atom stereocenters. The Morgan fingerprint density at radius 1 is 1.15 bits per heavy atom. The molecule has 3 aromatic rings. The van der Waals surface area contributed by atoms with E-state index in [2.05, 4.69) is 15.2 Å². The van der Waals surface area contributed by atoms with Gasteiger partial charge in [-0.05, 0) is 26.3 Å². The predicted molar refractivity (Wildman–Crippen MR) is 98.4 cm³/mol. The van der Waals surface area contributed by atoms with Crippen LogP contribution in [0, 0.1) is 13.8 Å². The zero-order valence-electron chi connectivity index (χ0n) is 15.6. The highest BCUT2D eigenvalue weighted by Gasteiger charge is 2.21. The molecule has 2 aromatic heterocycles. The first-order valence-corrected chi connectivity index (χ1v) is 8.74. The predicted octanol–water partition coefficient (Wildman–Crippen LogP) is 1.42. The number of benzene rings is 1. The van der Waals surface area contributed by atoms with Crippen molar-refractivity contribution in [1.82, 2.24) is 24.5 Å². The molecule has 0 saturated heterocycles. The average Bonchev–Trinajstić information content (AvgIpc) is 3.16. The van der Waals surface area contributed by atoms with Crippen molar-refractivity contribution in [1.29, 1.82) is 0 Å². The first-order valence-electron chi connectivity index (χ1n) is 8.74. The van der Waals surface area contributed by atoms with E-state index >= 15 is 0 Å². The Balaban J connectivity index is 1.95. The maximum Gasteiger partial charge on any atom is 0.184 e. The molecule has 0 fully saturated rings. The van der Waals surface area contributed by atoms with Gasteiger partial charge < -0.3 is 10.2 Å². The summed E-state index contributed by atoms with van der Waals surface area (Å²) < 4.78 is 3.26. The minimum atomic E-state index is -0.960. The summed E-state index contributed by atoms with van der Waals surface area (Å²) in [5.41, 5.74) is 2.71. The van der Waals surface area contributed by atoms with Crippen molar-refractivity contribution >= 4 is 5.78 Å². The highest BCUT2D eigenvalue weighted by Crippen LogP contribution is 2.20. The molecule has 2 N–H and O–H groups in total. The number of Topliss-reactive ketones (excluding diaryl/α,β-unsaturated/α-hetero) is 1. The molecule has 1 aromatic carbocycles. The van der Waals surface area contributed by atoms with E-state index in [0.717, 1.165) is 5.69 Å². The lowest BCUT2D eigenvalue weighted by molar-refractivity contribution is 0.101. The molecule has 0 unspecified atom stereocenters. The number of aliphatic hydroxyl groups is 2. The van der Waals surface area contributed by atoms with Gasteiger partial charge in [0.15, 0.2) is 11.6 Å². The molecular weight excluding hydrogens is 346 g/mol. The second-order valence-corrected chi connectivity index (χ2v) is 6.41. The molecule has 0 radical (unpaired) electrons. The van der Waals surface area contributed by atoms with Crippen LogP contribution < -0.4 is 0 Å². The van der Waals surface area contributed by atoms with Gasteiger partial charge in [-0.15, -0.1) is 0 Å². The van der Waals surface area contributed by atoms with Crippen LogP contribution in [0.3, 0.4) is 0 Å². The molecule has 0 aliphatic carbocycles. The maximum absolute atomic E-state index is 11.8. The molecule has 0 spiro atoms. The summed E-state index contributed by atoms with van der Waals surface area (Å²) in [5.74, 6) is 0.779. The van der Waals surface area contributed by atoms with E-state index in [0.29, 0.717) is 22.6 Å². The molecule has 0 bridgehead atoms. The van der Waals surface area contributed by atoms with Crippen LogP contribution in [0.25, 0.3) is 0 Å². The zero-order chi connectivity index (χ0) is 19.6. The second-order valence-electron chi connectivity index (χ2n) is 6.41. The summed E-state index contributed by atoms with van der Waals surface area (Å²) in [4.78, 5) is 16.3. The lowest BCUT2D eigenvalue weighted by Crippen LogP contribution is -2.14. The van der Waals surface area contributed by atoms with E-state index in [-0.39, 0.29) is 31.3 Å². The van der Waals surface area contributed by atoms with Gasteiger partial charge >= 0.3 is 0 Å². The van der Waals surface area contributed by atoms with Gasteiger partial charge in [-0.25, -0.2) is 9.67 Å². The van der Waals surface area contributed by atoms with Crippen LogP contribution in [0.2, 0.25) is 0 Å². The SMILES string of the molecule is CC(=O)c1c(C)nn(Cc2nc([C@H](O)c3ccccc3)nn2CCO)c1C. The standard InChI is InChI=1S/C19H23N5O3/c1-12-17(14(3)26)13(2)24(21-12)11-16-20-19(22-23(16)9-10-25)18(27)15-7-5-4-6-8-15/h4-8,18,25,27H,9-11H2,1-3H3/t18-/m1/s1. The highest BCUT2D eigenvalue weighted by atomic mass is 16.3. The monoisotopic (exact) mass is 369 g/mol. The van der Waals surface area contributed by atoms with Gasteiger partial charge in [0.25, 0.3) is 0 Å². The minimum absolute atomic E-state index is 0.0340. The van der Waals surface area contributed by atoms with E-state index in [1.54, 1.807) is 28.4 Å². The van der Waals surface area contributed by atoms with Gasteiger partial charge in [-0.2, -0.15) is 10.2 Å². The van der Waals surface area contributed by atoms with Crippen LogP contribution in [0.5, 0.6) is 0 Å². The number of aromatic nitrogens is 5. The molecule has 0 amide bonds. The van der Waals surface area contributed by atoms with Crippen molar-refractivity contribution in [2.24, 2.45) is 0 Å². The molecule has 27 heavy (non-hydrogen) atoms. The largest absolute Gasteiger partial charge is 0.394 e. The number of nitrogens with zero attached hydrogens (tertiary/aromatic N) is 5. The number of hydrogen-bond acceptors (Lipinski definition) is 6. The van der Waals surface area contributed by atoms with Crippen LogP contribution in [0.1, 0.15) is 52.0 Å². The molecule has 3 rings (SSSR count). The fourth-order valence-electron chi connectivity index (χ4n) is 3.18. The third kappa shape index (κ3) is 3.81. The van der Waals surface area contributed by atoms with E-state index < -0.39 is 6.10 Å². The Bertz CT molecular complexity index is 946. The summed E-state index contributed by atoms with van der Waals surface area (Å²) in [7, 11) is 0. The van der Waals surface area contributed by atoms with E-state index in [9.17, 15) is 15.0 Å². The number of hydrogen-bond donors (Lipinski definition) is 2. The first-order chi connectivity index (χ1) is 12.9. The molecule has 0 aliphatic heterocycles. The van der Waals surface area contributed by atoms with Crippen molar-refractivity contribution in [3.05, 3.63) is 64.5 Å².